The van der Waals surface area contributed by atoms with Crippen molar-refractivity contribution < 1.29 is 18.8 Å². The Kier molecular flexibility index (Phi) is 5.63. The van der Waals surface area contributed by atoms with Crippen LogP contribution in [0.3, 0.4) is 0 Å². The second-order valence-electron chi connectivity index (χ2n) is 5.91. The molecule has 0 saturated heterocycles. The summed E-state index contributed by atoms with van der Waals surface area (Å²) in [5.74, 6) is -1.09. The monoisotopic (exact) mass is 398 g/mol. The second kappa shape index (κ2) is 8.30. The summed E-state index contributed by atoms with van der Waals surface area (Å²) >= 11 is 0. The Bertz CT molecular complexity index is 1150. The second-order valence-corrected chi connectivity index (χ2v) is 5.91. The molecule has 2 aromatic carbocycles. The van der Waals surface area contributed by atoms with Crippen molar-refractivity contribution in [2.24, 2.45) is 0 Å². The zero-order valence-electron chi connectivity index (χ0n) is 15.2. The van der Waals surface area contributed by atoms with E-state index in [-0.39, 0.29) is 12.2 Å². The lowest BCUT2D eigenvalue weighted by atomic mass is 10.1. The molecule has 9 nitrogen and oxygen atoms in total. The van der Waals surface area contributed by atoms with Gasteiger partial charge < -0.3 is 10.1 Å². The standard InChI is InChI=1S/C19H15FN4O5/c1-29-17-5-3-2-4-13(17)15-9-19(26)23(11-21-15)10-18(25)22-12-6-7-14(20)16(8-12)24(27)28/h2-9,11H,10H2,1H3,(H,22,25). The van der Waals surface area contributed by atoms with E-state index < -0.39 is 27.9 Å². The van der Waals surface area contributed by atoms with Crippen LogP contribution in [0.2, 0.25) is 0 Å². The Balaban J connectivity index is 1.77. The number of carbonyl (C=O) groups is 1. The maximum atomic E-state index is 13.4. The van der Waals surface area contributed by atoms with Gasteiger partial charge in [-0.1, -0.05) is 12.1 Å². The molecule has 3 aromatic rings. The summed E-state index contributed by atoms with van der Waals surface area (Å²) in [6.45, 7) is -0.372. The highest BCUT2D eigenvalue weighted by Gasteiger charge is 2.16. The van der Waals surface area contributed by atoms with Crippen LogP contribution in [0.25, 0.3) is 11.3 Å². The van der Waals surface area contributed by atoms with Gasteiger partial charge in [0, 0.05) is 23.4 Å². The van der Waals surface area contributed by atoms with Crippen molar-refractivity contribution in [2.75, 3.05) is 12.4 Å². The molecule has 3 rings (SSSR count). The number of aromatic nitrogens is 2. The molecule has 1 aromatic heterocycles. The Morgan fingerprint density at radius 1 is 1.28 bits per heavy atom. The number of carbonyl (C=O) groups excluding carboxylic acids is 1. The Labute approximate surface area is 163 Å². The fraction of sp³-hybridized carbons (Fsp3) is 0.105. The van der Waals surface area contributed by atoms with Crippen LogP contribution in [0.1, 0.15) is 0 Å². The lowest BCUT2D eigenvalue weighted by Crippen LogP contribution is -2.27. The molecule has 0 saturated carbocycles. The van der Waals surface area contributed by atoms with Crippen LogP contribution in [-0.2, 0) is 11.3 Å². The molecular formula is C19H15FN4O5. The summed E-state index contributed by atoms with van der Waals surface area (Å²) in [6.07, 6.45) is 1.22. The van der Waals surface area contributed by atoms with Gasteiger partial charge in [-0.3, -0.25) is 24.3 Å². The Morgan fingerprint density at radius 2 is 2.03 bits per heavy atom. The number of hydrogen-bond donors (Lipinski definition) is 1. The zero-order chi connectivity index (χ0) is 21.0. The highest BCUT2D eigenvalue weighted by Crippen LogP contribution is 2.26. The van der Waals surface area contributed by atoms with E-state index in [0.29, 0.717) is 17.0 Å². The normalized spacial score (nSPS) is 10.4. The lowest BCUT2D eigenvalue weighted by Gasteiger charge is -2.10. The van der Waals surface area contributed by atoms with Crippen molar-refractivity contribution in [1.82, 2.24) is 9.55 Å². The number of methoxy groups -OCH3 is 1. The van der Waals surface area contributed by atoms with Gasteiger partial charge in [0.2, 0.25) is 11.7 Å². The average Bonchev–Trinajstić information content (AvgIpc) is 2.70. The third-order valence-corrected chi connectivity index (χ3v) is 4.00. The quantitative estimate of drug-likeness (QED) is 0.504. The van der Waals surface area contributed by atoms with Gasteiger partial charge >= 0.3 is 5.69 Å². The zero-order valence-corrected chi connectivity index (χ0v) is 15.2. The van der Waals surface area contributed by atoms with Gasteiger partial charge in [0.15, 0.2) is 0 Å². The van der Waals surface area contributed by atoms with Crippen LogP contribution in [-0.4, -0.2) is 27.5 Å². The molecule has 0 aliphatic carbocycles. The predicted octanol–water partition coefficient (Wildman–Crippen LogP) is 2.60. The molecular weight excluding hydrogens is 383 g/mol. The molecule has 29 heavy (non-hydrogen) atoms. The highest BCUT2D eigenvalue weighted by atomic mass is 19.1. The molecule has 0 aliphatic heterocycles. The highest BCUT2D eigenvalue weighted by molar-refractivity contribution is 5.90. The van der Waals surface area contributed by atoms with Crippen LogP contribution >= 0.6 is 0 Å². The van der Waals surface area contributed by atoms with Crippen LogP contribution < -0.4 is 15.6 Å². The number of anilines is 1. The molecule has 1 amide bonds. The first-order chi connectivity index (χ1) is 13.9. The minimum atomic E-state index is -1.01. The maximum absolute atomic E-state index is 13.4. The summed E-state index contributed by atoms with van der Waals surface area (Å²) < 4.78 is 19.7. The molecule has 148 valence electrons. The first kappa shape index (κ1) is 19.7. The molecule has 0 bridgehead atoms. The molecule has 0 fully saturated rings. The summed E-state index contributed by atoms with van der Waals surface area (Å²) in [4.78, 5) is 38.6. The van der Waals surface area contributed by atoms with Crippen molar-refractivity contribution in [3.8, 4) is 17.0 Å². The van der Waals surface area contributed by atoms with E-state index in [0.717, 1.165) is 16.7 Å². The van der Waals surface area contributed by atoms with Crippen LogP contribution in [0, 0.1) is 15.9 Å². The van der Waals surface area contributed by atoms with Gasteiger partial charge in [-0.25, -0.2) is 4.98 Å². The summed E-state index contributed by atoms with van der Waals surface area (Å²) in [6, 6.07) is 11.3. The first-order valence-electron chi connectivity index (χ1n) is 8.32. The summed E-state index contributed by atoms with van der Waals surface area (Å²) in [7, 11) is 1.50. The third kappa shape index (κ3) is 4.43. The van der Waals surface area contributed by atoms with Crippen molar-refractivity contribution in [1.29, 1.82) is 0 Å². The van der Waals surface area contributed by atoms with Gasteiger partial charge in [0.05, 0.1) is 24.1 Å². The number of benzene rings is 2. The third-order valence-electron chi connectivity index (χ3n) is 4.00. The fourth-order valence-corrected chi connectivity index (χ4v) is 2.63. The van der Waals surface area contributed by atoms with Crippen LogP contribution in [0.15, 0.2) is 59.7 Å². The molecule has 10 heteroatoms. The van der Waals surface area contributed by atoms with Gasteiger partial charge in [-0.15, -0.1) is 0 Å². The molecule has 0 spiro atoms. The van der Waals surface area contributed by atoms with Crippen molar-refractivity contribution in [3.63, 3.8) is 0 Å². The minimum absolute atomic E-state index is 0.0368. The number of halogens is 1. The molecule has 1 N–H and O–H groups in total. The first-order valence-corrected chi connectivity index (χ1v) is 8.32. The number of nitrogens with one attached hydrogen (secondary N) is 1. The van der Waals surface area contributed by atoms with Gasteiger partial charge in [0.1, 0.15) is 12.3 Å². The van der Waals surface area contributed by atoms with E-state index in [2.05, 4.69) is 10.3 Å². The number of nitro groups is 1. The lowest BCUT2D eigenvalue weighted by molar-refractivity contribution is -0.387. The molecule has 0 unspecified atom stereocenters. The van der Waals surface area contributed by atoms with Crippen molar-refractivity contribution >= 4 is 17.3 Å². The number of nitro benzene ring substituents is 1. The number of ether oxygens (including phenoxy) is 1. The van der Waals surface area contributed by atoms with Crippen molar-refractivity contribution in [3.05, 3.63) is 81.1 Å². The van der Waals surface area contributed by atoms with E-state index in [9.17, 15) is 24.1 Å². The van der Waals surface area contributed by atoms with Gasteiger partial charge in [0.25, 0.3) is 5.56 Å². The van der Waals surface area contributed by atoms with Gasteiger partial charge in [-0.2, -0.15) is 4.39 Å². The summed E-state index contributed by atoms with van der Waals surface area (Å²) in [5.41, 5.74) is -0.181. The molecule has 0 radical (unpaired) electrons. The SMILES string of the molecule is COc1ccccc1-c1cc(=O)n(CC(=O)Nc2ccc(F)c([N+](=O)[O-])c2)cn1. The topological polar surface area (TPSA) is 116 Å². The smallest absolute Gasteiger partial charge is 0.306 e. The number of para-hydroxylation sites is 1. The predicted molar refractivity (Wildman–Crippen MR) is 102 cm³/mol. The number of hydrogen-bond acceptors (Lipinski definition) is 6. The number of amides is 1. The largest absolute Gasteiger partial charge is 0.496 e. The van der Waals surface area contributed by atoms with Gasteiger partial charge in [-0.05, 0) is 24.3 Å². The van der Waals surface area contributed by atoms with Crippen LogP contribution in [0.5, 0.6) is 5.75 Å². The van der Waals surface area contributed by atoms with E-state index in [1.54, 1.807) is 24.3 Å². The number of rotatable bonds is 6. The van der Waals surface area contributed by atoms with E-state index in [1.165, 1.54) is 25.6 Å². The Hall–Kier alpha value is -4.08. The van der Waals surface area contributed by atoms with E-state index >= 15 is 0 Å². The summed E-state index contributed by atoms with van der Waals surface area (Å²) in [5, 5.41) is 13.2. The molecule has 0 atom stereocenters. The van der Waals surface area contributed by atoms with E-state index in [4.69, 9.17) is 4.74 Å². The van der Waals surface area contributed by atoms with Crippen LogP contribution in [0.4, 0.5) is 15.8 Å². The maximum Gasteiger partial charge on any atom is 0.306 e. The average molecular weight is 398 g/mol. The molecule has 0 aliphatic rings. The molecule has 1 heterocycles. The minimum Gasteiger partial charge on any atom is -0.496 e. The van der Waals surface area contributed by atoms with Crippen molar-refractivity contribution in [2.45, 2.75) is 6.54 Å². The fourth-order valence-electron chi connectivity index (χ4n) is 2.63. The van der Waals surface area contributed by atoms with E-state index in [1.807, 2.05) is 0 Å². The Morgan fingerprint density at radius 3 is 2.72 bits per heavy atom. The number of nitrogens with zero attached hydrogens (tertiary/aromatic N) is 3.